The molecular weight excluding hydrogens is 242 g/mol. The van der Waals surface area contributed by atoms with E-state index in [1.54, 1.807) is 24.3 Å². The molecule has 0 saturated carbocycles. The van der Waals surface area contributed by atoms with Crippen LogP contribution in [0.4, 0.5) is 4.79 Å². The summed E-state index contributed by atoms with van der Waals surface area (Å²) in [4.78, 5) is 11.6. The van der Waals surface area contributed by atoms with Gasteiger partial charge in [0.2, 0.25) is 0 Å². The number of aliphatic hydroxyl groups excluding tert-OH is 1. The van der Waals surface area contributed by atoms with Crippen molar-refractivity contribution < 1.29 is 9.90 Å². The predicted molar refractivity (Wildman–Crippen MR) is 72.2 cm³/mol. The van der Waals surface area contributed by atoms with Crippen LogP contribution in [0, 0.1) is 17.2 Å². The maximum Gasteiger partial charge on any atom is 0.315 e. The fourth-order valence-electron chi connectivity index (χ4n) is 1.44. The van der Waals surface area contributed by atoms with Gasteiger partial charge in [0.1, 0.15) is 0 Å². The van der Waals surface area contributed by atoms with Gasteiger partial charge in [-0.2, -0.15) is 5.26 Å². The van der Waals surface area contributed by atoms with Crippen molar-refractivity contribution in [2.24, 2.45) is 5.92 Å². The summed E-state index contributed by atoms with van der Waals surface area (Å²) >= 11 is 0. The molecule has 0 aliphatic heterocycles. The first-order valence-electron chi connectivity index (χ1n) is 6.21. The van der Waals surface area contributed by atoms with Crippen LogP contribution in [0.5, 0.6) is 0 Å². The first kappa shape index (κ1) is 15.0. The van der Waals surface area contributed by atoms with E-state index in [1.165, 1.54) is 0 Å². The summed E-state index contributed by atoms with van der Waals surface area (Å²) in [6.07, 6.45) is 0. The Labute approximate surface area is 113 Å². The highest BCUT2D eigenvalue weighted by Gasteiger charge is 2.13. The van der Waals surface area contributed by atoms with E-state index >= 15 is 0 Å². The molecule has 2 unspecified atom stereocenters. The molecule has 5 nitrogen and oxygen atoms in total. The Morgan fingerprint density at radius 3 is 2.53 bits per heavy atom. The van der Waals surface area contributed by atoms with Gasteiger partial charge in [0.15, 0.2) is 0 Å². The minimum absolute atomic E-state index is 0.0145. The minimum atomic E-state index is -0.267. The number of carbonyl (C=O) groups excluding carboxylic acids is 1. The summed E-state index contributed by atoms with van der Waals surface area (Å²) < 4.78 is 0. The van der Waals surface area contributed by atoms with E-state index in [0.717, 1.165) is 5.56 Å². The molecular formula is C14H19N3O2. The van der Waals surface area contributed by atoms with Gasteiger partial charge < -0.3 is 15.7 Å². The molecule has 0 aliphatic carbocycles. The number of hydrogen-bond donors (Lipinski definition) is 3. The minimum Gasteiger partial charge on any atom is -0.396 e. The molecule has 0 radical (unpaired) electrons. The number of nitrogens with one attached hydrogen (secondary N) is 2. The normalized spacial score (nSPS) is 13.2. The van der Waals surface area contributed by atoms with Crippen molar-refractivity contribution in [2.45, 2.75) is 26.4 Å². The second-order valence-corrected chi connectivity index (χ2v) is 4.58. The van der Waals surface area contributed by atoms with E-state index in [2.05, 4.69) is 10.6 Å². The molecule has 0 saturated heterocycles. The molecule has 0 aliphatic rings. The maximum atomic E-state index is 11.6. The van der Waals surface area contributed by atoms with E-state index in [4.69, 9.17) is 10.4 Å². The zero-order chi connectivity index (χ0) is 14.3. The topological polar surface area (TPSA) is 85.2 Å². The summed E-state index contributed by atoms with van der Waals surface area (Å²) in [5, 5.41) is 23.1. The SMILES string of the molecule is CC(CO)C(C)NC(=O)NCc1ccc(C#N)cc1. The van der Waals surface area contributed by atoms with Gasteiger partial charge in [-0.1, -0.05) is 19.1 Å². The average Bonchev–Trinajstić information content (AvgIpc) is 2.44. The molecule has 1 aromatic carbocycles. The third-order valence-electron chi connectivity index (χ3n) is 3.04. The predicted octanol–water partition coefficient (Wildman–Crippen LogP) is 1.37. The Morgan fingerprint density at radius 2 is 2.00 bits per heavy atom. The monoisotopic (exact) mass is 261 g/mol. The Balaban J connectivity index is 2.39. The van der Waals surface area contributed by atoms with Gasteiger partial charge in [-0.3, -0.25) is 0 Å². The van der Waals surface area contributed by atoms with Crippen LogP contribution in [0.2, 0.25) is 0 Å². The highest BCUT2D eigenvalue weighted by Crippen LogP contribution is 2.03. The molecule has 2 atom stereocenters. The molecule has 5 heteroatoms. The number of aliphatic hydroxyl groups is 1. The van der Waals surface area contributed by atoms with Crippen LogP contribution < -0.4 is 10.6 Å². The lowest BCUT2D eigenvalue weighted by molar-refractivity contribution is 0.200. The Hall–Kier alpha value is -2.06. The molecule has 0 bridgehead atoms. The second-order valence-electron chi connectivity index (χ2n) is 4.58. The van der Waals surface area contributed by atoms with Gasteiger partial charge in [0, 0.05) is 19.2 Å². The molecule has 0 heterocycles. The first-order valence-corrected chi connectivity index (χ1v) is 6.21. The molecule has 2 amide bonds. The van der Waals surface area contributed by atoms with Crippen LogP contribution in [-0.4, -0.2) is 23.8 Å². The highest BCUT2D eigenvalue weighted by molar-refractivity contribution is 5.74. The van der Waals surface area contributed by atoms with Gasteiger partial charge in [-0.05, 0) is 30.5 Å². The van der Waals surface area contributed by atoms with Crippen molar-refractivity contribution in [1.82, 2.24) is 10.6 Å². The van der Waals surface area contributed by atoms with Crippen LogP contribution in [0.3, 0.4) is 0 Å². The molecule has 1 aromatic rings. The number of benzene rings is 1. The van der Waals surface area contributed by atoms with E-state index in [0.29, 0.717) is 12.1 Å². The van der Waals surface area contributed by atoms with E-state index < -0.39 is 0 Å². The van der Waals surface area contributed by atoms with E-state index in [1.807, 2.05) is 19.9 Å². The molecule has 19 heavy (non-hydrogen) atoms. The summed E-state index contributed by atoms with van der Waals surface area (Å²) in [5.74, 6) is 0.0145. The number of urea groups is 1. The van der Waals surface area contributed by atoms with Gasteiger partial charge in [-0.25, -0.2) is 4.79 Å². The smallest absolute Gasteiger partial charge is 0.315 e. The van der Waals surface area contributed by atoms with Crippen LogP contribution in [-0.2, 0) is 6.54 Å². The molecule has 3 N–H and O–H groups in total. The van der Waals surface area contributed by atoms with Gasteiger partial charge in [-0.15, -0.1) is 0 Å². The number of hydrogen-bond acceptors (Lipinski definition) is 3. The van der Waals surface area contributed by atoms with E-state index in [-0.39, 0.29) is 24.6 Å². The third-order valence-corrected chi connectivity index (χ3v) is 3.04. The van der Waals surface area contributed by atoms with Crippen molar-refractivity contribution >= 4 is 6.03 Å². The van der Waals surface area contributed by atoms with Crippen molar-refractivity contribution in [3.8, 4) is 6.07 Å². The summed E-state index contributed by atoms with van der Waals surface area (Å²) in [7, 11) is 0. The molecule has 102 valence electrons. The van der Waals surface area contributed by atoms with Gasteiger partial charge >= 0.3 is 6.03 Å². The number of nitrogens with zero attached hydrogens (tertiary/aromatic N) is 1. The van der Waals surface area contributed by atoms with Crippen LogP contribution >= 0.6 is 0 Å². The lowest BCUT2D eigenvalue weighted by Gasteiger charge is -2.19. The molecule has 0 fully saturated rings. The molecule has 0 spiro atoms. The number of carbonyl (C=O) groups is 1. The lowest BCUT2D eigenvalue weighted by Crippen LogP contribution is -2.43. The standard InChI is InChI=1S/C14H19N3O2/c1-10(9-18)11(2)17-14(19)16-8-13-5-3-12(7-15)4-6-13/h3-6,10-11,18H,8-9H2,1-2H3,(H2,16,17,19). The first-order chi connectivity index (χ1) is 9.06. The Kier molecular flexibility index (Phi) is 5.83. The zero-order valence-electron chi connectivity index (χ0n) is 11.2. The van der Waals surface area contributed by atoms with Crippen molar-refractivity contribution in [3.63, 3.8) is 0 Å². The van der Waals surface area contributed by atoms with Crippen LogP contribution in [0.25, 0.3) is 0 Å². The molecule has 0 aromatic heterocycles. The fourth-order valence-corrected chi connectivity index (χ4v) is 1.44. The quantitative estimate of drug-likeness (QED) is 0.748. The zero-order valence-corrected chi connectivity index (χ0v) is 11.2. The number of rotatable bonds is 5. The fraction of sp³-hybridized carbons (Fsp3) is 0.429. The van der Waals surface area contributed by atoms with Gasteiger partial charge in [0.05, 0.1) is 11.6 Å². The van der Waals surface area contributed by atoms with Crippen molar-refractivity contribution in [3.05, 3.63) is 35.4 Å². The third kappa shape index (κ3) is 4.98. The second kappa shape index (κ2) is 7.39. The maximum absolute atomic E-state index is 11.6. The summed E-state index contributed by atoms with van der Waals surface area (Å²) in [6, 6.07) is 8.72. The van der Waals surface area contributed by atoms with Crippen LogP contribution in [0.1, 0.15) is 25.0 Å². The van der Waals surface area contributed by atoms with Gasteiger partial charge in [0.25, 0.3) is 0 Å². The summed E-state index contributed by atoms with van der Waals surface area (Å²) in [5.41, 5.74) is 1.52. The largest absolute Gasteiger partial charge is 0.396 e. The van der Waals surface area contributed by atoms with Crippen LogP contribution in [0.15, 0.2) is 24.3 Å². The molecule has 1 rings (SSSR count). The lowest BCUT2D eigenvalue weighted by atomic mass is 10.1. The van der Waals surface area contributed by atoms with Crippen molar-refractivity contribution in [2.75, 3.05) is 6.61 Å². The number of nitriles is 1. The number of amides is 2. The highest BCUT2D eigenvalue weighted by atomic mass is 16.3. The Morgan fingerprint density at radius 1 is 1.37 bits per heavy atom. The Bertz CT molecular complexity index is 451. The average molecular weight is 261 g/mol. The van der Waals surface area contributed by atoms with Crippen molar-refractivity contribution in [1.29, 1.82) is 5.26 Å². The van der Waals surface area contributed by atoms with E-state index in [9.17, 15) is 4.79 Å². The summed E-state index contributed by atoms with van der Waals surface area (Å²) in [6.45, 7) is 4.16.